The Balaban J connectivity index is 3.08. The molecule has 104 valence electrons. The lowest BCUT2D eigenvalue weighted by atomic mass is 10.2. The van der Waals surface area contributed by atoms with Crippen LogP contribution in [0.2, 0.25) is 0 Å². The predicted molar refractivity (Wildman–Crippen MR) is 63.3 cm³/mol. The summed E-state index contributed by atoms with van der Waals surface area (Å²) in [5.74, 6) is 0. The van der Waals surface area contributed by atoms with Gasteiger partial charge in [0.1, 0.15) is 12.0 Å². The van der Waals surface area contributed by atoms with Crippen molar-refractivity contribution < 1.29 is 22.8 Å². The van der Waals surface area contributed by atoms with Crippen molar-refractivity contribution in [1.82, 2.24) is 4.98 Å². The second kappa shape index (κ2) is 5.91. The van der Waals surface area contributed by atoms with Crippen LogP contribution in [0.1, 0.15) is 16.5 Å². The Hall–Kier alpha value is -1.77. The normalized spacial score (nSPS) is 14.9. The summed E-state index contributed by atoms with van der Waals surface area (Å²) in [6.07, 6.45) is -1.61. The third kappa shape index (κ3) is 4.12. The third-order valence-electron chi connectivity index (χ3n) is 2.13. The smallest absolute Gasteiger partial charge is 0.349 e. The van der Waals surface area contributed by atoms with Gasteiger partial charge in [-0.1, -0.05) is 16.8 Å². The van der Waals surface area contributed by atoms with E-state index in [2.05, 4.69) is 9.35 Å². The van der Waals surface area contributed by atoms with Gasteiger partial charge in [0, 0.05) is 6.20 Å². The van der Waals surface area contributed by atoms with Gasteiger partial charge in [-0.2, -0.15) is 17.5 Å². The maximum Gasteiger partial charge on any atom is 0.433 e. The molecule has 19 heavy (non-hydrogen) atoms. The summed E-state index contributed by atoms with van der Waals surface area (Å²) in [5, 5.41) is -0.845. The largest absolute Gasteiger partial charge is 0.433 e. The number of primary amides is 1. The number of aldehydes is 1. The molecular weight excluding hydrogens is 283 g/mol. The SMILES string of the molecule is CS(=NC(N)=O)C(C=O)c1ccc(C(F)(F)F)nc1. The number of nitrogens with two attached hydrogens (primary N) is 1. The summed E-state index contributed by atoms with van der Waals surface area (Å²) in [4.78, 5) is 24.8. The molecule has 0 saturated carbocycles. The number of halogens is 3. The molecule has 0 aliphatic heterocycles. The zero-order valence-electron chi connectivity index (χ0n) is 9.72. The average molecular weight is 293 g/mol. The van der Waals surface area contributed by atoms with Crippen LogP contribution in [-0.4, -0.2) is 23.6 Å². The van der Waals surface area contributed by atoms with Gasteiger partial charge in [-0.05, 0) is 17.9 Å². The van der Waals surface area contributed by atoms with E-state index in [9.17, 15) is 22.8 Å². The molecule has 1 aromatic rings. The molecule has 0 bridgehead atoms. The van der Waals surface area contributed by atoms with E-state index in [1.807, 2.05) is 0 Å². The molecule has 2 N–H and O–H groups in total. The first-order valence-corrected chi connectivity index (χ1v) is 6.55. The van der Waals surface area contributed by atoms with Crippen molar-refractivity contribution in [3.05, 3.63) is 29.6 Å². The Morgan fingerprint density at radius 2 is 2.16 bits per heavy atom. The Kier molecular flexibility index (Phi) is 4.76. The molecule has 1 heterocycles. The quantitative estimate of drug-likeness (QED) is 0.863. The first-order chi connectivity index (χ1) is 8.75. The highest BCUT2D eigenvalue weighted by Gasteiger charge is 2.32. The van der Waals surface area contributed by atoms with Gasteiger partial charge in [-0.3, -0.25) is 4.98 Å². The van der Waals surface area contributed by atoms with E-state index in [0.717, 1.165) is 18.3 Å². The van der Waals surface area contributed by atoms with Gasteiger partial charge >= 0.3 is 12.2 Å². The van der Waals surface area contributed by atoms with Gasteiger partial charge < -0.3 is 10.5 Å². The fourth-order valence-electron chi connectivity index (χ4n) is 1.30. The second-order valence-electron chi connectivity index (χ2n) is 3.48. The van der Waals surface area contributed by atoms with Crippen molar-refractivity contribution >= 4 is 23.0 Å². The number of alkyl halides is 3. The minimum absolute atomic E-state index is 0.249. The molecule has 0 radical (unpaired) electrons. The van der Waals surface area contributed by atoms with Gasteiger partial charge in [0.2, 0.25) is 0 Å². The van der Waals surface area contributed by atoms with Crippen LogP contribution in [0, 0.1) is 0 Å². The molecule has 1 rings (SSSR count). The topological polar surface area (TPSA) is 85.4 Å². The number of pyridine rings is 1. The highest BCUT2D eigenvalue weighted by molar-refractivity contribution is 7.87. The summed E-state index contributed by atoms with van der Waals surface area (Å²) in [6.45, 7) is 0. The highest BCUT2D eigenvalue weighted by Crippen LogP contribution is 2.28. The number of hydrogen-bond acceptors (Lipinski definition) is 3. The number of carbonyl (C=O) groups excluding carboxylic acids is 2. The van der Waals surface area contributed by atoms with Crippen molar-refractivity contribution in [1.29, 1.82) is 0 Å². The van der Waals surface area contributed by atoms with E-state index in [4.69, 9.17) is 5.73 Å². The van der Waals surface area contributed by atoms with Crippen LogP contribution in [0.3, 0.4) is 0 Å². The maximum absolute atomic E-state index is 12.3. The summed E-state index contributed by atoms with van der Waals surface area (Å²) in [7, 11) is -1.06. The second-order valence-corrected chi connectivity index (χ2v) is 5.22. The molecule has 0 saturated heterocycles. The summed E-state index contributed by atoms with van der Waals surface area (Å²) < 4.78 is 40.5. The lowest BCUT2D eigenvalue weighted by molar-refractivity contribution is -0.141. The van der Waals surface area contributed by atoms with Crippen molar-refractivity contribution in [2.75, 3.05) is 6.26 Å². The van der Waals surface area contributed by atoms with E-state index in [1.165, 1.54) is 6.26 Å². The molecule has 1 aromatic heterocycles. The highest BCUT2D eigenvalue weighted by atomic mass is 32.2. The van der Waals surface area contributed by atoms with Crippen LogP contribution >= 0.6 is 0 Å². The van der Waals surface area contributed by atoms with Crippen LogP contribution in [0.4, 0.5) is 18.0 Å². The number of hydrogen-bond donors (Lipinski definition) is 1. The Labute approximate surface area is 109 Å². The fraction of sp³-hybridized carbons (Fsp3) is 0.300. The average Bonchev–Trinajstić information content (AvgIpc) is 2.28. The standard InChI is InChI=1S/C10H10F3N3O2S/c1-19(16-9(14)18)7(5-17)6-2-3-8(15-4-6)10(11,12)13/h2-5,7H,1H3,(H2,14,18). The number of nitrogens with zero attached hydrogens (tertiary/aromatic N) is 2. The minimum Gasteiger partial charge on any atom is -0.349 e. The molecule has 2 unspecified atom stereocenters. The molecular formula is C10H10F3N3O2S. The van der Waals surface area contributed by atoms with Crippen molar-refractivity contribution in [2.24, 2.45) is 10.1 Å². The molecule has 2 amide bonds. The maximum atomic E-state index is 12.3. The van der Waals surface area contributed by atoms with Gasteiger partial charge in [-0.15, -0.1) is 0 Å². The molecule has 0 aliphatic rings. The van der Waals surface area contributed by atoms with Crippen molar-refractivity contribution in [3.63, 3.8) is 0 Å². The Bertz CT molecular complexity index is 514. The third-order valence-corrected chi connectivity index (χ3v) is 3.72. The van der Waals surface area contributed by atoms with E-state index >= 15 is 0 Å². The lowest BCUT2D eigenvalue weighted by Crippen LogP contribution is -2.13. The number of aromatic nitrogens is 1. The van der Waals surface area contributed by atoms with Crippen LogP contribution in [-0.2, 0) is 21.7 Å². The van der Waals surface area contributed by atoms with Gasteiger partial charge in [-0.25, -0.2) is 4.79 Å². The van der Waals surface area contributed by atoms with Crippen LogP contribution in [0.15, 0.2) is 22.7 Å². The molecule has 0 spiro atoms. The van der Waals surface area contributed by atoms with Crippen LogP contribution in [0.5, 0.6) is 0 Å². The van der Waals surface area contributed by atoms with E-state index < -0.39 is 33.8 Å². The molecule has 9 heteroatoms. The number of rotatable bonds is 3. The number of carbonyl (C=O) groups is 2. The fourth-order valence-corrected chi connectivity index (χ4v) is 2.39. The van der Waals surface area contributed by atoms with E-state index in [-0.39, 0.29) is 5.56 Å². The van der Waals surface area contributed by atoms with E-state index in [1.54, 1.807) is 0 Å². The zero-order chi connectivity index (χ0) is 14.6. The van der Waals surface area contributed by atoms with Crippen molar-refractivity contribution in [2.45, 2.75) is 11.4 Å². The predicted octanol–water partition coefficient (Wildman–Crippen LogP) is 1.85. The van der Waals surface area contributed by atoms with Crippen LogP contribution in [0.25, 0.3) is 0 Å². The zero-order valence-corrected chi connectivity index (χ0v) is 10.5. The molecule has 0 aliphatic carbocycles. The van der Waals surface area contributed by atoms with Crippen LogP contribution < -0.4 is 5.73 Å². The molecule has 0 aromatic carbocycles. The van der Waals surface area contributed by atoms with Crippen molar-refractivity contribution in [3.8, 4) is 0 Å². The number of urea groups is 1. The monoisotopic (exact) mass is 293 g/mol. The minimum atomic E-state index is -4.54. The molecule has 0 fully saturated rings. The van der Waals surface area contributed by atoms with Gasteiger partial charge in [0.15, 0.2) is 0 Å². The first kappa shape index (κ1) is 15.3. The number of amides is 2. The Morgan fingerprint density at radius 3 is 2.53 bits per heavy atom. The molecule has 5 nitrogen and oxygen atoms in total. The summed E-state index contributed by atoms with van der Waals surface area (Å²) >= 11 is 0. The van der Waals surface area contributed by atoms with E-state index in [0.29, 0.717) is 6.29 Å². The van der Waals surface area contributed by atoms with Gasteiger partial charge in [0.05, 0.1) is 5.25 Å². The van der Waals surface area contributed by atoms with Gasteiger partial charge in [0.25, 0.3) is 0 Å². The molecule has 2 atom stereocenters. The summed E-state index contributed by atoms with van der Waals surface area (Å²) in [6, 6.07) is 0.972. The Morgan fingerprint density at radius 1 is 1.53 bits per heavy atom. The lowest BCUT2D eigenvalue weighted by Gasteiger charge is -2.12. The summed E-state index contributed by atoms with van der Waals surface area (Å²) in [5.41, 5.74) is 4.06. The first-order valence-electron chi connectivity index (χ1n) is 4.90.